The van der Waals surface area contributed by atoms with Crippen LogP contribution in [-0.2, 0) is 4.74 Å². The smallest absolute Gasteiger partial charge is 0.337 e. The highest BCUT2D eigenvalue weighted by atomic mass is 16.5. The number of hydrogen-bond acceptors (Lipinski definition) is 6. The number of hydrogen-bond donors (Lipinski definition) is 1. The highest BCUT2D eigenvalue weighted by Gasteiger charge is 2.41. The molecule has 7 heteroatoms. The van der Waals surface area contributed by atoms with E-state index in [1.54, 1.807) is 18.5 Å². The van der Waals surface area contributed by atoms with Crippen molar-refractivity contribution in [3.8, 4) is 5.75 Å². The van der Waals surface area contributed by atoms with Crippen LogP contribution in [0.15, 0.2) is 78.6 Å². The van der Waals surface area contributed by atoms with Crippen LogP contribution < -0.4 is 10.1 Å². The average Bonchev–Trinajstić information content (AvgIpc) is 3.36. The molecular formula is C28H24N4O3. The third kappa shape index (κ3) is 3.47. The lowest BCUT2D eigenvalue weighted by Crippen LogP contribution is -2.32. The van der Waals surface area contributed by atoms with Crippen LogP contribution >= 0.6 is 0 Å². The summed E-state index contributed by atoms with van der Waals surface area (Å²) in [6.07, 6.45) is 1.17. The summed E-state index contributed by atoms with van der Waals surface area (Å²) >= 11 is 0. The number of carbonyl (C=O) groups is 1. The maximum absolute atomic E-state index is 12.0. The van der Waals surface area contributed by atoms with Gasteiger partial charge < -0.3 is 14.8 Å². The zero-order chi connectivity index (χ0) is 24.1. The van der Waals surface area contributed by atoms with E-state index in [4.69, 9.17) is 9.47 Å². The van der Waals surface area contributed by atoms with Crippen LogP contribution in [0.5, 0.6) is 5.75 Å². The lowest BCUT2D eigenvalue weighted by Gasteiger charge is -2.39. The summed E-state index contributed by atoms with van der Waals surface area (Å²) < 4.78 is 13.4. The van der Waals surface area contributed by atoms with Gasteiger partial charge >= 0.3 is 5.97 Å². The lowest BCUT2D eigenvalue weighted by molar-refractivity contribution is 0.0600. The third-order valence-corrected chi connectivity index (χ3v) is 6.60. The van der Waals surface area contributed by atoms with Crippen molar-refractivity contribution < 1.29 is 14.3 Å². The first-order valence-electron chi connectivity index (χ1n) is 11.5. The Morgan fingerprint density at radius 3 is 2.43 bits per heavy atom. The topological polar surface area (TPSA) is 78.3 Å². The highest BCUT2D eigenvalue weighted by molar-refractivity contribution is 5.89. The zero-order valence-corrected chi connectivity index (χ0v) is 19.6. The number of nitrogens with one attached hydrogen (secondary N) is 1. The maximum Gasteiger partial charge on any atom is 0.337 e. The molecule has 6 rings (SSSR count). The summed E-state index contributed by atoms with van der Waals surface area (Å²) in [6.45, 7) is 4.15. The Morgan fingerprint density at radius 2 is 1.69 bits per heavy atom. The Kier molecular flexibility index (Phi) is 4.91. The number of methoxy groups -OCH3 is 1. The molecule has 2 aliphatic heterocycles. The van der Waals surface area contributed by atoms with Crippen LogP contribution in [0.1, 0.15) is 50.3 Å². The van der Waals surface area contributed by atoms with E-state index in [2.05, 4.69) is 59.6 Å². The quantitative estimate of drug-likeness (QED) is 0.418. The van der Waals surface area contributed by atoms with Gasteiger partial charge in [-0.2, -0.15) is 10.1 Å². The molecular weight excluding hydrogens is 440 g/mol. The predicted molar refractivity (Wildman–Crippen MR) is 132 cm³/mol. The molecule has 0 saturated carbocycles. The van der Waals surface area contributed by atoms with E-state index in [1.807, 2.05) is 28.9 Å². The molecule has 3 heterocycles. The molecule has 2 atom stereocenters. The second-order valence-electron chi connectivity index (χ2n) is 8.91. The number of fused-ring (bicyclic) bond motifs is 3. The van der Waals surface area contributed by atoms with Crippen molar-refractivity contribution in [3.63, 3.8) is 0 Å². The van der Waals surface area contributed by atoms with Crippen LogP contribution in [0.4, 0.5) is 5.95 Å². The molecule has 0 unspecified atom stereocenters. The predicted octanol–water partition coefficient (Wildman–Crippen LogP) is 5.24. The summed E-state index contributed by atoms with van der Waals surface area (Å²) in [5.74, 6) is 1.11. The van der Waals surface area contributed by atoms with Crippen LogP contribution in [0, 0.1) is 13.8 Å². The Balaban J connectivity index is 1.57. The van der Waals surface area contributed by atoms with Gasteiger partial charge in [-0.15, -0.1) is 0 Å². The first kappa shape index (κ1) is 21.2. The molecule has 174 valence electrons. The van der Waals surface area contributed by atoms with E-state index >= 15 is 0 Å². The number of benzene rings is 3. The molecule has 3 aromatic carbocycles. The first-order valence-corrected chi connectivity index (χ1v) is 11.5. The molecule has 35 heavy (non-hydrogen) atoms. The van der Waals surface area contributed by atoms with Gasteiger partial charge in [0, 0.05) is 11.1 Å². The second-order valence-corrected chi connectivity index (χ2v) is 8.91. The number of rotatable bonds is 3. The summed E-state index contributed by atoms with van der Waals surface area (Å²) in [7, 11) is 1.38. The summed E-state index contributed by atoms with van der Waals surface area (Å²) in [4.78, 5) is 16.5. The molecule has 1 N–H and O–H groups in total. The largest absolute Gasteiger partial charge is 0.480 e. The summed E-state index contributed by atoms with van der Waals surface area (Å²) in [5.41, 5.74) is 7.85. The Bertz CT molecular complexity index is 1470. The number of aryl methyl sites for hydroxylation is 2. The van der Waals surface area contributed by atoms with Gasteiger partial charge in [-0.05, 0) is 49.2 Å². The van der Waals surface area contributed by atoms with Gasteiger partial charge in [-0.3, -0.25) is 0 Å². The van der Waals surface area contributed by atoms with E-state index in [0.717, 1.165) is 39.3 Å². The minimum atomic E-state index is -0.400. The molecule has 0 radical (unpaired) electrons. The molecule has 0 aliphatic carbocycles. The summed E-state index contributed by atoms with van der Waals surface area (Å²) in [6, 6.07) is 21.8. The van der Waals surface area contributed by atoms with Crippen molar-refractivity contribution in [3.05, 3.63) is 112 Å². The Labute approximate surface area is 203 Å². The molecule has 0 saturated heterocycles. The molecule has 4 aromatic rings. The van der Waals surface area contributed by atoms with Gasteiger partial charge in [0.25, 0.3) is 0 Å². The molecule has 0 fully saturated rings. The lowest BCUT2D eigenvalue weighted by atomic mass is 9.84. The second kappa shape index (κ2) is 8.13. The monoisotopic (exact) mass is 464 g/mol. The van der Waals surface area contributed by atoms with Crippen LogP contribution in [0.2, 0.25) is 0 Å². The van der Waals surface area contributed by atoms with Gasteiger partial charge in [0.2, 0.25) is 5.95 Å². The Hall–Kier alpha value is -4.39. The van der Waals surface area contributed by atoms with Crippen LogP contribution in [0.25, 0.3) is 5.70 Å². The minimum absolute atomic E-state index is 0.219. The fourth-order valence-electron chi connectivity index (χ4n) is 4.84. The van der Waals surface area contributed by atoms with Gasteiger partial charge in [-0.1, -0.05) is 53.6 Å². The normalized spacial score (nSPS) is 18.0. The number of nitrogens with zero attached hydrogens (tertiary/aromatic N) is 3. The highest BCUT2D eigenvalue weighted by Crippen LogP contribution is 2.50. The fraction of sp³-hybridized carbons (Fsp3) is 0.179. The molecule has 1 aromatic heterocycles. The van der Waals surface area contributed by atoms with Crippen molar-refractivity contribution in [2.24, 2.45) is 0 Å². The zero-order valence-electron chi connectivity index (χ0n) is 19.6. The van der Waals surface area contributed by atoms with Gasteiger partial charge in [0.05, 0.1) is 18.4 Å². The number of ether oxygens (including phenoxy) is 2. The number of carbonyl (C=O) groups excluding carboxylic acids is 1. The molecule has 0 bridgehead atoms. The van der Waals surface area contributed by atoms with Gasteiger partial charge in [0.15, 0.2) is 0 Å². The summed E-state index contributed by atoms with van der Waals surface area (Å²) in [5, 5.41) is 8.10. The van der Waals surface area contributed by atoms with E-state index < -0.39 is 6.10 Å². The van der Waals surface area contributed by atoms with E-state index in [1.165, 1.54) is 12.7 Å². The van der Waals surface area contributed by atoms with Crippen molar-refractivity contribution in [2.75, 3.05) is 12.4 Å². The fourth-order valence-corrected chi connectivity index (χ4v) is 4.84. The SMILES string of the molecule is COC(=O)c1ccc([C@H]2Oc3ccc(C)cc3C3=C2[C@@H](c2ccc(C)cc2)n2ncnc2N3)cc1. The number of aromatic nitrogens is 3. The van der Waals surface area contributed by atoms with Crippen molar-refractivity contribution in [1.82, 2.24) is 14.8 Å². The van der Waals surface area contributed by atoms with Crippen molar-refractivity contribution >= 4 is 17.6 Å². The van der Waals surface area contributed by atoms with E-state index in [-0.39, 0.29) is 12.0 Å². The van der Waals surface area contributed by atoms with E-state index in [0.29, 0.717) is 11.5 Å². The van der Waals surface area contributed by atoms with E-state index in [9.17, 15) is 4.79 Å². The molecule has 2 aliphatic rings. The average molecular weight is 465 g/mol. The molecule has 7 nitrogen and oxygen atoms in total. The van der Waals surface area contributed by atoms with Crippen molar-refractivity contribution in [1.29, 1.82) is 0 Å². The third-order valence-electron chi connectivity index (χ3n) is 6.60. The molecule has 0 spiro atoms. The maximum atomic E-state index is 12.0. The first-order chi connectivity index (χ1) is 17.0. The van der Waals surface area contributed by atoms with Crippen LogP contribution in [-0.4, -0.2) is 27.8 Å². The van der Waals surface area contributed by atoms with Crippen LogP contribution in [0.3, 0.4) is 0 Å². The van der Waals surface area contributed by atoms with Gasteiger partial charge in [0.1, 0.15) is 24.2 Å². The number of anilines is 1. The van der Waals surface area contributed by atoms with Gasteiger partial charge in [-0.25, -0.2) is 9.48 Å². The molecule has 0 amide bonds. The minimum Gasteiger partial charge on any atom is -0.480 e. The van der Waals surface area contributed by atoms with Crippen molar-refractivity contribution in [2.45, 2.75) is 26.0 Å². The Morgan fingerprint density at radius 1 is 0.971 bits per heavy atom. The standard InChI is InChI=1S/C28H24N4O3/c1-16-4-7-18(8-5-16)25-23-24(31-28-29-15-30-32(25)28)21-14-17(2)6-13-22(21)35-26(23)19-9-11-20(12-10-19)27(33)34-3/h4-15,25-26H,1-3H3,(H,29,30,31)/t25-,26-/m1/s1. The number of esters is 1.